The molecule has 0 fully saturated rings. The highest BCUT2D eigenvalue weighted by Crippen LogP contribution is 2.23. The van der Waals surface area contributed by atoms with Gasteiger partial charge in [0.25, 0.3) is 0 Å². The number of carbonyl (C=O) groups is 1. The SMILES string of the molecule is CCN(COC(C)=O)c1ccc(F)c(F)c1F. The van der Waals surface area contributed by atoms with Crippen molar-refractivity contribution in [1.29, 1.82) is 0 Å². The molecule has 6 heteroatoms. The second-order valence-electron chi connectivity index (χ2n) is 3.32. The first-order valence-electron chi connectivity index (χ1n) is 4.99. The maximum atomic E-state index is 13.4. The Balaban J connectivity index is 2.96. The summed E-state index contributed by atoms with van der Waals surface area (Å²) in [4.78, 5) is 11.9. The number of nitrogens with zero attached hydrogens (tertiary/aromatic N) is 1. The first-order chi connectivity index (χ1) is 7.97. The third-order valence-corrected chi connectivity index (χ3v) is 2.16. The molecule has 0 aliphatic carbocycles. The highest BCUT2D eigenvalue weighted by Gasteiger charge is 2.17. The molecular formula is C11H12F3NO2. The maximum absolute atomic E-state index is 13.4. The van der Waals surface area contributed by atoms with Crippen LogP contribution in [0.25, 0.3) is 0 Å². The first kappa shape index (κ1) is 13.3. The monoisotopic (exact) mass is 247 g/mol. The molecule has 0 N–H and O–H groups in total. The number of carbonyl (C=O) groups excluding carboxylic acids is 1. The smallest absolute Gasteiger partial charge is 0.304 e. The van der Waals surface area contributed by atoms with Crippen LogP contribution in [0.15, 0.2) is 12.1 Å². The van der Waals surface area contributed by atoms with Gasteiger partial charge in [0.15, 0.2) is 24.2 Å². The fourth-order valence-corrected chi connectivity index (χ4v) is 1.26. The lowest BCUT2D eigenvalue weighted by atomic mass is 10.2. The Morgan fingerprint density at radius 3 is 2.47 bits per heavy atom. The molecule has 0 saturated heterocycles. The topological polar surface area (TPSA) is 29.5 Å². The standard InChI is InChI=1S/C11H12F3NO2/c1-3-15(6-17-7(2)16)9-5-4-8(12)10(13)11(9)14/h4-5H,3,6H2,1-2H3. The summed E-state index contributed by atoms with van der Waals surface area (Å²) < 4.78 is 43.8. The summed E-state index contributed by atoms with van der Waals surface area (Å²) in [5, 5.41) is 0. The molecule has 0 amide bonds. The van der Waals surface area contributed by atoms with Gasteiger partial charge in [-0.15, -0.1) is 0 Å². The van der Waals surface area contributed by atoms with Crippen LogP contribution in [0.3, 0.4) is 0 Å². The summed E-state index contributed by atoms with van der Waals surface area (Å²) >= 11 is 0. The third-order valence-electron chi connectivity index (χ3n) is 2.16. The lowest BCUT2D eigenvalue weighted by Crippen LogP contribution is -2.28. The van der Waals surface area contributed by atoms with Gasteiger partial charge >= 0.3 is 5.97 Å². The van der Waals surface area contributed by atoms with E-state index in [9.17, 15) is 18.0 Å². The second kappa shape index (κ2) is 5.56. The van der Waals surface area contributed by atoms with Crippen molar-refractivity contribution < 1.29 is 22.7 Å². The predicted octanol–water partition coefficient (Wildman–Crippen LogP) is 2.45. The fourth-order valence-electron chi connectivity index (χ4n) is 1.26. The summed E-state index contributed by atoms with van der Waals surface area (Å²) in [7, 11) is 0. The van der Waals surface area contributed by atoms with Crippen molar-refractivity contribution in [3.63, 3.8) is 0 Å². The van der Waals surface area contributed by atoms with Gasteiger partial charge in [0.1, 0.15) is 0 Å². The van der Waals surface area contributed by atoms with Gasteiger partial charge in [-0.25, -0.2) is 13.2 Å². The van der Waals surface area contributed by atoms with Gasteiger partial charge in [-0.1, -0.05) is 0 Å². The van der Waals surface area contributed by atoms with Crippen molar-refractivity contribution in [1.82, 2.24) is 0 Å². The Bertz CT molecular complexity index is 423. The number of hydrogen-bond acceptors (Lipinski definition) is 3. The van der Waals surface area contributed by atoms with E-state index in [1.165, 1.54) is 11.8 Å². The summed E-state index contributed by atoms with van der Waals surface area (Å²) in [6.45, 7) is 2.95. The average Bonchev–Trinajstić information content (AvgIpc) is 2.29. The van der Waals surface area contributed by atoms with E-state index in [4.69, 9.17) is 0 Å². The zero-order valence-electron chi connectivity index (χ0n) is 9.47. The minimum atomic E-state index is -1.54. The fraction of sp³-hybridized carbons (Fsp3) is 0.364. The molecule has 0 bridgehead atoms. The molecule has 0 heterocycles. The van der Waals surface area contributed by atoms with E-state index in [2.05, 4.69) is 4.74 Å². The van der Waals surface area contributed by atoms with Crippen molar-refractivity contribution in [2.24, 2.45) is 0 Å². The minimum absolute atomic E-state index is 0.146. The van der Waals surface area contributed by atoms with Crippen LogP contribution in [0, 0.1) is 17.5 Å². The summed E-state index contributed by atoms with van der Waals surface area (Å²) in [6, 6.07) is 1.92. The molecule has 0 spiro atoms. The van der Waals surface area contributed by atoms with Gasteiger partial charge in [-0.3, -0.25) is 4.79 Å². The van der Waals surface area contributed by atoms with Crippen LogP contribution in [-0.2, 0) is 9.53 Å². The van der Waals surface area contributed by atoms with E-state index in [1.807, 2.05) is 0 Å². The Labute approximate surface area is 96.8 Å². The Morgan fingerprint density at radius 2 is 1.94 bits per heavy atom. The second-order valence-corrected chi connectivity index (χ2v) is 3.32. The molecule has 0 aliphatic heterocycles. The molecule has 0 saturated carbocycles. The van der Waals surface area contributed by atoms with Crippen LogP contribution in [-0.4, -0.2) is 19.2 Å². The van der Waals surface area contributed by atoms with Crippen LogP contribution in [0.5, 0.6) is 0 Å². The van der Waals surface area contributed by atoms with Crippen LogP contribution in [0.4, 0.5) is 18.9 Å². The summed E-state index contributed by atoms with van der Waals surface area (Å²) in [6.07, 6.45) is 0. The van der Waals surface area contributed by atoms with Crippen LogP contribution in [0.2, 0.25) is 0 Å². The van der Waals surface area contributed by atoms with Crippen molar-refractivity contribution in [2.75, 3.05) is 18.2 Å². The van der Waals surface area contributed by atoms with Crippen LogP contribution in [0.1, 0.15) is 13.8 Å². The quantitative estimate of drug-likeness (QED) is 0.465. The van der Waals surface area contributed by atoms with Crippen molar-refractivity contribution in [2.45, 2.75) is 13.8 Å². The lowest BCUT2D eigenvalue weighted by molar-refractivity contribution is -0.140. The molecule has 0 aromatic heterocycles. The van der Waals surface area contributed by atoms with Gasteiger partial charge in [0.05, 0.1) is 5.69 Å². The van der Waals surface area contributed by atoms with Crippen molar-refractivity contribution in [3.8, 4) is 0 Å². The van der Waals surface area contributed by atoms with E-state index in [-0.39, 0.29) is 19.0 Å². The molecule has 1 aromatic carbocycles. The number of hydrogen-bond donors (Lipinski definition) is 0. The predicted molar refractivity (Wildman–Crippen MR) is 56.0 cm³/mol. The van der Waals surface area contributed by atoms with E-state index < -0.39 is 23.4 Å². The number of ether oxygens (including phenoxy) is 1. The zero-order chi connectivity index (χ0) is 13.0. The minimum Gasteiger partial charge on any atom is -0.444 e. The van der Waals surface area contributed by atoms with Gasteiger partial charge in [0.2, 0.25) is 0 Å². The summed E-state index contributed by atoms with van der Waals surface area (Å²) in [5.41, 5.74) is -0.146. The highest BCUT2D eigenvalue weighted by molar-refractivity contribution is 5.66. The number of benzene rings is 1. The van der Waals surface area contributed by atoms with Crippen molar-refractivity contribution in [3.05, 3.63) is 29.6 Å². The first-order valence-corrected chi connectivity index (χ1v) is 4.99. The van der Waals surface area contributed by atoms with E-state index >= 15 is 0 Å². The Kier molecular flexibility index (Phi) is 4.37. The lowest BCUT2D eigenvalue weighted by Gasteiger charge is -2.22. The molecule has 17 heavy (non-hydrogen) atoms. The highest BCUT2D eigenvalue weighted by atomic mass is 19.2. The molecule has 0 atom stereocenters. The largest absolute Gasteiger partial charge is 0.444 e. The molecular weight excluding hydrogens is 235 g/mol. The third kappa shape index (κ3) is 3.12. The molecule has 1 rings (SSSR count). The summed E-state index contributed by atoms with van der Waals surface area (Å²) in [5.74, 6) is -4.62. The number of rotatable bonds is 4. The van der Waals surface area contributed by atoms with Crippen molar-refractivity contribution >= 4 is 11.7 Å². The van der Waals surface area contributed by atoms with Gasteiger partial charge in [0, 0.05) is 13.5 Å². The zero-order valence-corrected chi connectivity index (χ0v) is 9.47. The molecule has 94 valence electrons. The van der Waals surface area contributed by atoms with E-state index in [0.717, 1.165) is 12.1 Å². The number of anilines is 1. The van der Waals surface area contributed by atoms with E-state index in [1.54, 1.807) is 6.92 Å². The van der Waals surface area contributed by atoms with Gasteiger partial charge < -0.3 is 9.64 Å². The number of halogens is 3. The number of esters is 1. The van der Waals surface area contributed by atoms with E-state index in [0.29, 0.717) is 0 Å². The average molecular weight is 247 g/mol. The Hall–Kier alpha value is -1.72. The molecule has 0 radical (unpaired) electrons. The molecule has 0 aliphatic rings. The maximum Gasteiger partial charge on any atom is 0.304 e. The van der Waals surface area contributed by atoms with Gasteiger partial charge in [-0.2, -0.15) is 0 Å². The normalized spacial score (nSPS) is 10.2. The molecule has 1 aromatic rings. The van der Waals surface area contributed by atoms with Crippen LogP contribution >= 0.6 is 0 Å². The van der Waals surface area contributed by atoms with Gasteiger partial charge in [-0.05, 0) is 19.1 Å². The molecule has 3 nitrogen and oxygen atoms in total. The van der Waals surface area contributed by atoms with Crippen LogP contribution < -0.4 is 4.90 Å². The Morgan fingerprint density at radius 1 is 1.29 bits per heavy atom. The molecule has 0 unspecified atom stereocenters.